The Bertz CT molecular complexity index is 1110. The van der Waals surface area contributed by atoms with E-state index >= 15 is 0 Å². The van der Waals surface area contributed by atoms with Crippen LogP contribution in [0.2, 0.25) is 0 Å². The molecular formula is C21H24N6O3. The van der Waals surface area contributed by atoms with Crippen LogP contribution in [0.25, 0.3) is 5.69 Å². The number of rotatable bonds is 6. The Hall–Kier alpha value is -3.49. The monoisotopic (exact) mass is 408 g/mol. The maximum absolute atomic E-state index is 12.1. The molecule has 0 unspecified atom stereocenters. The summed E-state index contributed by atoms with van der Waals surface area (Å²) in [5.41, 5.74) is 2.08. The molecule has 1 amide bonds. The van der Waals surface area contributed by atoms with Crippen molar-refractivity contribution in [1.82, 2.24) is 25.2 Å². The maximum Gasteiger partial charge on any atom is 0.289 e. The van der Waals surface area contributed by atoms with E-state index in [1.54, 1.807) is 31.5 Å². The van der Waals surface area contributed by atoms with Crippen molar-refractivity contribution in [3.63, 3.8) is 0 Å². The van der Waals surface area contributed by atoms with Gasteiger partial charge in [-0.3, -0.25) is 9.59 Å². The molecule has 1 aliphatic rings. The summed E-state index contributed by atoms with van der Waals surface area (Å²) < 4.78 is 6.32. The van der Waals surface area contributed by atoms with Gasteiger partial charge in [0.1, 0.15) is 5.82 Å². The Morgan fingerprint density at radius 2 is 2.17 bits per heavy atom. The highest BCUT2D eigenvalue weighted by molar-refractivity contribution is 5.91. The molecule has 156 valence electrons. The molecule has 9 nitrogen and oxygen atoms in total. The normalized spacial score (nSPS) is 18.3. The molecule has 3 heterocycles. The van der Waals surface area contributed by atoms with Crippen LogP contribution in [0.4, 0.5) is 5.82 Å². The second-order valence-electron chi connectivity index (χ2n) is 7.70. The van der Waals surface area contributed by atoms with Crippen LogP contribution in [0.3, 0.4) is 0 Å². The Morgan fingerprint density at radius 3 is 2.90 bits per heavy atom. The van der Waals surface area contributed by atoms with E-state index in [0.717, 1.165) is 30.6 Å². The predicted molar refractivity (Wildman–Crippen MR) is 111 cm³/mol. The number of hydrogen-bond donors (Lipinski definition) is 2. The largest absolute Gasteiger partial charge is 0.367 e. The van der Waals surface area contributed by atoms with E-state index in [9.17, 15) is 9.59 Å². The smallest absolute Gasteiger partial charge is 0.289 e. The topological polar surface area (TPSA) is 115 Å². The number of aryl methyl sites for hydroxylation is 2. The summed E-state index contributed by atoms with van der Waals surface area (Å²) in [7, 11) is 0. The lowest BCUT2D eigenvalue weighted by Gasteiger charge is -2.16. The van der Waals surface area contributed by atoms with Crippen LogP contribution in [-0.4, -0.2) is 38.4 Å². The summed E-state index contributed by atoms with van der Waals surface area (Å²) in [4.78, 5) is 28.6. The second-order valence-corrected chi connectivity index (χ2v) is 7.70. The van der Waals surface area contributed by atoms with Gasteiger partial charge in [0, 0.05) is 30.9 Å². The van der Waals surface area contributed by atoms with E-state index in [0.29, 0.717) is 23.8 Å². The van der Waals surface area contributed by atoms with Crippen LogP contribution >= 0.6 is 0 Å². The first-order chi connectivity index (χ1) is 14.5. The quantitative estimate of drug-likeness (QED) is 0.643. The number of carbonyl (C=O) groups excluding carboxylic acids is 1. The third kappa shape index (κ3) is 4.40. The first-order valence-electron chi connectivity index (χ1n) is 9.99. The lowest BCUT2D eigenvalue weighted by molar-refractivity contribution is 0.0910. The minimum Gasteiger partial charge on any atom is -0.367 e. The highest BCUT2D eigenvalue weighted by atomic mass is 16.5. The van der Waals surface area contributed by atoms with Gasteiger partial charge >= 0.3 is 0 Å². The van der Waals surface area contributed by atoms with Crippen LogP contribution in [0, 0.1) is 19.8 Å². The van der Waals surface area contributed by atoms with Crippen molar-refractivity contribution in [2.75, 3.05) is 11.9 Å². The van der Waals surface area contributed by atoms with Crippen molar-refractivity contribution < 1.29 is 9.32 Å². The Labute approximate surface area is 173 Å². The molecule has 1 fully saturated rings. The average Bonchev–Trinajstić information content (AvgIpc) is 3.37. The van der Waals surface area contributed by atoms with Gasteiger partial charge in [-0.15, -0.1) is 0 Å². The number of pyridine rings is 1. The molecule has 2 N–H and O–H groups in total. The van der Waals surface area contributed by atoms with E-state index in [1.165, 1.54) is 10.7 Å². The van der Waals surface area contributed by atoms with Crippen molar-refractivity contribution in [3.05, 3.63) is 64.0 Å². The zero-order valence-electron chi connectivity index (χ0n) is 17.0. The third-order valence-corrected chi connectivity index (χ3v) is 5.31. The lowest BCUT2D eigenvalue weighted by Crippen LogP contribution is -2.28. The van der Waals surface area contributed by atoms with Gasteiger partial charge < -0.3 is 15.2 Å². The Kier molecular flexibility index (Phi) is 5.60. The van der Waals surface area contributed by atoms with Crippen LogP contribution in [0.15, 0.2) is 46.0 Å². The molecule has 0 saturated heterocycles. The molecule has 2 atom stereocenters. The highest BCUT2D eigenvalue weighted by Crippen LogP contribution is 2.28. The third-order valence-electron chi connectivity index (χ3n) is 5.31. The van der Waals surface area contributed by atoms with E-state index in [1.807, 2.05) is 13.0 Å². The molecule has 0 spiro atoms. The van der Waals surface area contributed by atoms with Crippen molar-refractivity contribution in [3.8, 4) is 5.69 Å². The molecule has 0 aromatic carbocycles. The number of aromatic nitrogens is 4. The summed E-state index contributed by atoms with van der Waals surface area (Å²) >= 11 is 0. The average molecular weight is 408 g/mol. The number of nitrogens with one attached hydrogen (secondary N) is 2. The molecule has 3 aromatic heterocycles. The van der Waals surface area contributed by atoms with E-state index in [2.05, 4.69) is 25.9 Å². The van der Waals surface area contributed by atoms with Gasteiger partial charge in [0.2, 0.25) is 5.76 Å². The molecule has 1 saturated carbocycles. The van der Waals surface area contributed by atoms with E-state index in [4.69, 9.17) is 4.52 Å². The summed E-state index contributed by atoms with van der Waals surface area (Å²) in [6.45, 7) is 4.34. The maximum atomic E-state index is 12.1. The minimum absolute atomic E-state index is 0.194. The second kappa shape index (κ2) is 8.48. The molecule has 0 bridgehead atoms. The minimum atomic E-state index is -0.232. The van der Waals surface area contributed by atoms with Crippen LogP contribution in [0.1, 0.15) is 41.1 Å². The van der Waals surface area contributed by atoms with Gasteiger partial charge in [-0.2, -0.15) is 9.78 Å². The number of amides is 1. The molecular weight excluding hydrogens is 384 g/mol. The molecule has 30 heavy (non-hydrogen) atoms. The van der Waals surface area contributed by atoms with E-state index < -0.39 is 0 Å². The first kappa shape index (κ1) is 19.8. The lowest BCUT2D eigenvalue weighted by atomic mass is 10.1. The molecule has 3 aromatic rings. The van der Waals surface area contributed by atoms with Gasteiger partial charge in [-0.25, -0.2) is 4.98 Å². The summed E-state index contributed by atoms with van der Waals surface area (Å²) in [6.07, 6.45) is 6.19. The van der Waals surface area contributed by atoms with Gasteiger partial charge in [0.05, 0.1) is 17.6 Å². The molecule has 0 radical (unpaired) electrons. The Morgan fingerprint density at radius 1 is 1.30 bits per heavy atom. The molecule has 4 rings (SSSR count). The van der Waals surface area contributed by atoms with Gasteiger partial charge in [-0.1, -0.05) is 5.16 Å². The SMILES string of the molecule is Cc1cc(C(=O)NC[C@@H]2CC[C@H](Nc3ncc(-n4ncccc4=O)cc3C)C2)on1. The van der Waals surface area contributed by atoms with E-state index in [-0.39, 0.29) is 23.3 Å². The molecule has 0 aliphatic heterocycles. The predicted octanol–water partition coefficient (Wildman–Crippen LogP) is 2.24. The van der Waals surface area contributed by atoms with Crippen molar-refractivity contribution in [2.24, 2.45) is 5.92 Å². The summed E-state index contributed by atoms with van der Waals surface area (Å²) in [6, 6.07) is 6.89. The molecule has 1 aliphatic carbocycles. The van der Waals surface area contributed by atoms with Crippen molar-refractivity contribution in [2.45, 2.75) is 39.2 Å². The summed E-state index contributed by atoms with van der Waals surface area (Å²) in [5, 5.41) is 14.2. The fraction of sp³-hybridized carbons (Fsp3) is 0.381. The molecule has 9 heteroatoms. The van der Waals surface area contributed by atoms with Crippen molar-refractivity contribution in [1.29, 1.82) is 0 Å². The number of nitrogens with zero attached hydrogens (tertiary/aromatic N) is 4. The standard InChI is InChI=1S/C21H24N6O3/c1-13-8-17(27-19(28)4-3-7-24-27)12-22-20(13)25-16-6-5-15(10-16)11-23-21(29)18-9-14(2)26-30-18/h3-4,7-9,12,15-16H,5-6,10-11H2,1-2H3,(H,22,25)(H,23,29)/t15-,16+/m1/s1. The zero-order valence-corrected chi connectivity index (χ0v) is 17.0. The van der Waals surface area contributed by atoms with Gasteiger partial charge in [-0.05, 0) is 56.7 Å². The number of carbonyl (C=O) groups is 1. The van der Waals surface area contributed by atoms with Crippen LogP contribution in [0.5, 0.6) is 0 Å². The van der Waals surface area contributed by atoms with Crippen LogP contribution < -0.4 is 16.2 Å². The van der Waals surface area contributed by atoms with Crippen molar-refractivity contribution >= 4 is 11.7 Å². The van der Waals surface area contributed by atoms with Gasteiger partial charge in [0.25, 0.3) is 11.5 Å². The zero-order chi connectivity index (χ0) is 21.1. The first-order valence-corrected chi connectivity index (χ1v) is 9.99. The fourth-order valence-electron chi connectivity index (χ4n) is 3.76. The number of anilines is 1. The Balaban J connectivity index is 1.32. The highest BCUT2D eigenvalue weighted by Gasteiger charge is 2.26. The van der Waals surface area contributed by atoms with Gasteiger partial charge in [0.15, 0.2) is 0 Å². The van der Waals surface area contributed by atoms with Crippen LogP contribution in [-0.2, 0) is 0 Å². The fourth-order valence-corrected chi connectivity index (χ4v) is 3.76. The summed E-state index contributed by atoms with van der Waals surface area (Å²) in [5.74, 6) is 1.20. The number of hydrogen-bond acceptors (Lipinski definition) is 7.